The number of benzene rings is 2. The first-order chi connectivity index (χ1) is 12.4. The lowest BCUT2D eigenvalue weighted by Gasteiger charge is -2.14. The molecule has 0 atom stereocenters. The van der Waals surface area contributed by atoms with Crippen LogP contribution in [0.3, 0.4) is 0 Å². The standard InChI is InChI=1S/C21H22FNO3/c1-12(2)14-4-6-15(7-5-14)17-10-18(23-11-13(3)21(24)25)19(22)16-8-9-26-20(16)17/h4-7,10-12,23H,8-9H2,1-3H3,(H,24,25). The molecule has 136 valence electrons. The van der Waals surface area contributed by atoms with Crippen molar-refractivity contribution in [2.75, 3.05) is 11.9 Å². The highest BCUT2D eigenvalue weighted by molar-refractivity contribution is 5.86. The van der Waals surface area contributed by atoms with Crippen molar-refractivity contribution in [1.29, 1.82) is 0 Å². The predicted octanol–water partition coefficient (Wildman–Crippen LogP) is 4.95. The first kappa shape index (κ1) is 18.0. The Bertz CT molecular complexity index is 870. The van der Waals surface area contributed by atoms with Gasteiger partial charge in [0.2, 0.25) is 0 Å². The van der Waals surface area contributed by atoms with Crippen LogP contribution in [0.25, 0.3) is 11.1 Å². The molecule has 0 saturated carbocycles. The summed E-state index contributed by atoms with van der Waals surface area (Å²) in [6.07, 6.45) is 1.80. The van der Waals surface area contributed by atoms with E-state index in [4.69, 9.17) is 9.84 Å². The van der Waals surface area contributed by atoms with Crippen molar-refractivity contribution in [3.63, 3.8) is 0 Å². The Hall–Kier alpha value is -2.82. The lowest BCUT2D eigenvalue weighted by molar-refractivity contribution is -0.132. The summed E-state index contributed by atoms with van der Waals surface area (Å²) in [5, 5.41) is 11.8. The van der Waals surface area contributed by atoms with Crippen LogP contribution in [0.1, 0.15) is 37.8 Å². The number of carboxylic acid groups (broad SMARTS) is 1. The van der Waals surface area contributed by atoms with Crippen LogP contribution in [0.15, 0.2) is 42.1 Å². The number of ether oxygens (including phenoxy) is 1. The number of carbonyl (C=O) groups is 1. The molecule has 1 aliphatic heterocycles. The monoisotopic (exact) mass is 355 g/mol. The van der Waals surface area contributed by atoms with E-state index in [1.54, 1.807) is 6.07 Å². The number of hydrogen-bond donors (Lipinski definition) is 2. The number of anilines is 1. The van der Waals surface area contributed by atoms with Crippen molar-refractivity contribution in [2.45, 2.75) is 33.1 Å². The Morgan fingerprint density at radius 3 is 2.62 bits per heavy atom. The highest BCUT2D eigenvalue weighted by atomic mass is 19.1. The minimum absolute atomic E-state index is 0.101. The number of carboxylic acids is 1. The summed E-state index contributed by atoms with van der Waals surface area (Å²) < 4.78 is 20.5. The van der Waals surface area contributed by atoms with Gasteiger partial charge in [-0.3, -0.25) is 0 Å². The average molecular weight is 355 g/mol. The zero-order valence-electron chi connectivity index (χ0n) is 15.1. The third kappa shape index (κ3) is 3.43. The molecule has 2 aromatic carbocycles. The van der Waals surface area contributed by atoms with E-state index in [9.17, 15) is 9.18 Å². The minimum atomic E-state index is -1.05. The van der Waals surface area contributed by atoms with Crippen LogP contribution in [0.4, 0.5) is 10.1 Å². The molecule has 26 heavy (non-hydrogen) atoms. The van der Waals surface area contributed by atoms with Gasteiger partial charge in [-0.25, -0.2) is 9.18 Å². The molecule has 4 nitrogen and oxygen atoms in total. The molecule has 0 radical (unpaired) electrons. The maximum Gasteiger partial charge on any atom is 0.332 e. The van der Waals surface area contributed by atoms with Crippen molar-refractivity contribution in [2.24, 2.45) is 0 Å². The maximum absolute atomic E-state index is 14.8. The smallest absolute Gasteiger partial charge is 0.332 e. The molecule has 3 rings (SSSR count). The average Bonchev–Trinajstić information content (AvgIpc) is 3.11. The molecule has 1 aliphatic rings. The second kappa shape index (κ2) is 7.20. The first-order valence-corrected chi connectivity index (χ1v) is 8.63. The van der Waals surface area contributed by atoms with Crippen molar-refractivity contribution in [1.82, 2.24) is 0 Å². The third-order valence-electron chi connectivity index (χ3n) is 4.58. The van der Waals surface area contributed by atoms with Gasteiger partial charge in [0.05, 0.1) is 12.3 Å². The highest BCUT2D eigenvalue weighted by Crippen LogP contribution is 2.42. The molecule has 0 aliphatic carbocycles. The van der Waals surface area contributed by atoms with Gasteiger partial charge in [-0.15, -0.1) is 0 Å². The Labute approximate surface area is 152 Å². The molecule has 0 amide bonds. The van der Waals surface area contributed by atoms with Crippen molar-refractivity contribution >= 4 is 11.7 Å². The van der Waals surface area contributed by atoms with Gasteiger partial charge >= 0.3 is 5.97 Å². The van der Waals surface area contributed by atoms with E-state index in [1.165, 1.54) is 18.7 Å². The molecule has 2 N–H and O–H groups in total. The summed E-state index contributed by atoms with van der Waals surface area (Å²) in [6, 6.07) is 9.81. The molecule has 0 unspecified atom stereocenters. The lowest BCUT2D eigenvalue weighted by Crippen LogP contribution is -2.02. The van der Waals surface area contributed by atoms with Gasteiger partial charge in [0.1, 0.15) is 5.75 Å². The lowest BCUT2D eigenvalue weighted by atomic mass is 9.96. The largest absolute Gasteiger partial charge is 0.492 e. The van der Waals surface area contributed by atoms with E-state index >= 15 is 0 Å². The van der Waals surface area contributed by atoms with Gasteiger partial charge in [-0.1, -0.05) is 38.1 Å². The summed E-state index contributed by atoms with van der Waals surface area (Å²) in [5.74, 6) is -0.439. The molecule has 1 heterocycles. The van der Waals surface area contributed by atoms with E-state index in [0.717, 1.165) is 11.1 Å². The Kier molecular flexibility index (Phi) is 4.98. The molecule has 2 aromatic rings. The molecule has 0 bridgehead atoms. The van der Waals surface area contributed by atoms with Crippen LogP contribution in [-0.2, 0) is 11.2 Å². The fourth-order valence-electron chi connectivity index (χ4n) is 2.96. The summed E-state index contributed by atoms with van der Waals surface area (Å²) >= 11 is 0. The highest BCUT2D eigenvalue weighted by Gasteiger charge is 2.24. The fourth-order valence-corrected chi connectivity index (χ4v) is 2.96. The molecule has 0 fully saturated rings. The van der Waals surface area contributed by atoms with Crippen LogP contribution in [0.2, 0.25) is 0 Å². The van der Waals surface area contributed by atoms with Gasteiger partial charge in [-0.05, 0) is 30.0 Å². The number of fused-ring (bicyclic) bond motifs is 1. The Balaban J connectivity index is 2.05. The molecular formula is C21H22FNO3. The SMILES string of the molecule is CC(=CNc1cc(-c2ccc(C(C)C)cc2)c2c(c1F)CCO2)C(=O)O. The van der Waals surface area contributed by atoms with E-state index in [-0.39, 0.29) is 11.3 Å². The Morgan fingerprint density at radius 2 is 2.00 bits per heavy atom. The summed E-state index contributed by atoms with van der Waals surface area (Å²) in [6.45, 7) is 6.16. The van der Waals surface area contributed by atoms with Crippen molar-refractivity contribution < 1.29 is 19.0 Å². The predicted molar refractivity (Wildman–Crippen MR) is 100 cm³/mol. The van der Waals surface area contributed by atoms with Crippen molar-refractivity contribution in [3.8, 4) is 16.9 Å². The van der Waals surface area contributed by atoms with Gasteiger partial charge < -0.3 is 15.2 Å². The van der Waals surface area contributed by atoms with Crippen LogP contribution in [0, 0.1) is 5.82 Å². The Morgan fingerprint density at radius 1 is 1.31 bits per heavy atom. The topological polar surface area (TPSA) is 58.6 Å². The van der Waals surface area contributed by atoms with Crippen LogP contribution < -0.4 is 10.1 Å². The summed E-state index contributed by atoms with van der Waals surface area (Å²) in [7, 11) is 0. The first-order valence-electron chi connectivity index (χ1n) is 8.63. The van der Waals surface area contributed by atoms with Gasteiger partial charge in [0.25, 0.3) is 0 Å². The number of nitrogens with one attached hydrogen (secondary N) is 1. The number of halogens is 1. The minimum Gasteiger partial charge on any atom is -0.492 e. The van der Waals surface area contributed by atoms with E-state index in [0.29, 0.717) is 30.3 Å². The van der Waals surface area contributed by atoms with Gasteiger partial charge in [0.15, 0.2) is 5.82 Å². The second-order valence-electron chi connectivity index (χ2n) is 6.75. The third-order valence-corrected chi connectivity index (χ3v) is 4.58. The summed E-state index contributed by atoms with van der Waals surface area (Å²) in [5.41, 5.74) is 3.85. The zero-order valence-corrected chi connectivity index (χ0v) is 15.1. The van der Waals surface area contributed by atoms with Gasteiger partial charge in [0, 0.05) is 29.3 Å². The van der Waals surface area contributed by atoms with Crippen molar-refractivity contribution in [3.05, 3.63) is 59.0 Å². The zero-order chi connectivity index (χ0) is 18.8. The normalized spacial score (nSPS) is 13.5. The van der Waals surface area contributed by atoms with E-state index in [2.05, 4.69) is 31.3 Å². The fraction of sp³-hybridized carbons (Fsp3) is 0.286. The molecule has 0 spiro atoms. The number of hydrogen-bond acceptors (Lipinski definition) is 3. The van der Waals surface area contributed by atoms with Crippen LogP contribution in [-0.4, -0.2) is 17.7 Å². The van der Waals surface area contributed by atoms with E-state index < -0.39 is 11.8 Å². The maximum atomic E-state index is 14.8. The quantitative estimate of drug-likeness (QED) is 0.745. The molecule has 0 aromatic heterocycles. The van der Waals surface area contributed by atoms with Crippen LogP contribution >= 0.6 is 0 Å². The summed E-state index contributed by atoms with van der Waals surface area (Å²) in [4.78, 5) is 10.9. The molecule has 5 heteroatoms. The van der Waals surface area contributed by atoms with Crippen LogP contribution in [0.5, 0.6) is 5.75 Å². The van der Waals surface area contributed by atoms with E-state index in [1.807, 2.05) is 12.1 Å². The number of rotatable bonds is 5. The second-order valence-corrected chi connectivity index (χ2v) is 6.75. The number of aliphatic carboxylic acids is 1. The molecule has 0 saturated heterocycles. The van der Waals surface area contributed by atoms with Gasteiger partial charge in [-0.2, -0.15) is 0 Å². The molecular weight excluding hydrogens is 333 g/mol.